The predicted molar refractivity (Wildman–Crippen MR) is 51.5 cm³/mol. The molecule has 0 aromatic carbocycles. The number of carbonyl (C=O) groups excluding carboxylic acids is 1. The quantitative estimate of drug-likeness (QED) is 0.693. The van der Waals surface area contributed by atoms with Gasteiger partial charge in [-0.3, -0.25) is 0 Å². The Labute approximate surface area is 87.3 Å². The molecular weight excluding hydrogens is 196 g/mol. The summed E-state index contributed by atoms with van der Waals surface area (Å²) in [6.07, 6.45) is 0. The SMILES string of the molecule is CCOC(=O)c1nc(OC)ccc1C#N. The summed E-state index contributed by atoms with van der Waals surface area (Å²) in [6.45, 7) is 1.92. The van der Waals surface area contributed by atoms with Crippen molar-refractivity contribution in [3.05, 3.63) is 23.4 Å². The monoisotopic (exact) mass is 206 g/mol. The van der Waals surface area contributed by atoms with E-state index in [0.717, 1.165) is 0 Å². The average Bonchev–Trinajstić information content (AvgIpc) is 2.28. The van der Waals surface area contributed by atoms with Crippen molar-refractivity contribution in [1.29, 1.82) is 5.26 Å². The number of methoxy groups -OCH3 is 1. The van der Waals surface area contributed by atoms with E-state index in [1.165, 1.54) is 19.2 Å². The van der Waals surface area contributed by atoms with Crippen LogP contribution in [0.25, 0.3) is 0 Å². The van der Waals surface area contributed by atoms with Crippen LogP contribution in [-0.2, 0) is 4.74 Å². The summed E-state index contributed by atoms with van der Waals surface area (Å²) in [5.74, 6) is -0.343. The number of hydrogen-bond acceptors (Lipinski definition) is 5. The van der Waals surface area contributed by atoms with Crippen molar-refractivity contribution in [3.63, 3.8) is 0 Å². The van der Waals surface area contributed by atoms with Crippen LogP contribution < -0.4 is 4.74 Å². The van der Waals surface area contributed by atoms with Crippen LogP contribution in [0, 0.1) is 11.3 Å². The third-order valence-corrected chi connectivity index (χ3v) is 1.67. The van der Waals surface area contributed by atoms with Gasteiger partial charge in [-0.2, -0.15) is 5.26 Å². The lowest BCUT2D eigenvalue weighted by Crippen LogP contribution is -2.10. The number of rotatable bonds is 3. The zero-order valence-corrected chi connectivity index (χ0v) is 8.48. The molecule has 1 heterocycles. The summed E-state index contributed by atoms with van der Waals surface area (Å²) < 4.78 is 9.62. The van der Waals surface area contributed by atoms with Crippen molar-refractivity contribution in [2.24, 2.45) is 0 Å². The lowest BCUT2D eigenvalue weighted by Gasteiger charge is -2.04. The van der Waals surface area contributed by atoms with Crippen LogP contribution in [0.1, 0.15) is 23.0 Å². The van der Waals surface area contributed by atoms with E-state index in [2.05, 4.69) is 4.98 Å². The van der Waals surface area contributed by atoms with E-state index < -0.39 is 5.97 Å². The number of nitriles is 1. The predicted octanol–water partition coefficient (Wildman–Crippen LogP) is 1.14. The average molecular weight is 206 g/mol. The first-order chi connectivity index (χ1) is 7.22. The minimum absolute atomic E-state index is 0.0151. The summed E-state index contributed by atoms with van der Waals surface area (Å²) >= 11 is 0. The van der Waals surface area contributed by atoms with Gasteiger partial charge in [-0.15, -0.1) is 0 Å². The van der Waals surface area contributed by atoms with Crippen LogP contribution >= 0.6 is 0 Å². The zero-order chi connectivity index (χ0) is 11.3. The van der Waals surface area contributed by atoms with E-state index in [9.17, 15) is 4.79 Å². The first-order valence-corrected chi connectivity index (χ1v) is 4.35. The Morgan fingerprint density at radius 2 is 2.33 bits per heavy atom. The molecule has 0 bridgehead atoms. The summed E-state index contributed by atoms with van der Waals surface area (Å²) in [5, 5.41) is 8.76. The topological polar surface area (TPSA) is 72.2 Å². The van der Waals surface area contributed by atoms with Crippen molar-refractivity contribution in [1.82, 2.24) is 4.98 Å². The number of aromatic nitrogens is 1. The minimum Gasteiger partial charge on any atom is -0.481 e. The van der Waals surface area contributed by atoms with Gasteiger partial charge >= 0.3 is 5.97 Å². The van der Waals surface area contributed by atoms with Crippen LogP contribution in [-0.4, -0.2) is 24.7 Å². The maximum absolute atomic E-state index is 11.4. The van der Waals surface area contributed by atoms with Crippen molar-refractivity contribution in [2.45, 2.75) is 6.92 Å². The maximum Gasteiger partial charge on any atom is 0.358 e. The fourth-order valence-electron chi connectivity index (χ4n) is 1.00. The Bertz CT molecular complexity index is 410. The molecule has 0 aliphatic carbocycles. The number of ether oxygens (including phenoxy) is 2. The Morgan fingerprint density at radius 1 is 1.60 bits per heavy atom. The van der Waals surface area contributed by atoms with Gasteiger partial charge in [-0.05, 0) is 13.0 Å². The zero-order valence-electron chi connectivity index (χ0n) is 8.48. The molecule has 1 aromatic rings. The number of carbonyl (C=O) groups is 1. The molecule has 0 spiro atoms. The number of pyridine rings is 1. The van der Waals surface area contributed by atoms with E-state index in [0.29, 0.717) is 0 Å². The van der Waals surface area contributed by atoms with E-state index in [1.54, 1.807) is 6.92 Å². The molecule has 0 saturated carbocycles. The van der Waals surface area contributed by atoms with Gasteiger partial charge in [0, 0.05) is 6.07 Å². The second kappa shape index (κ2) is 4.96. The van der Waals surface area contributed by atoms with Crippen LogP contribution in [0.5, 0.6) is 5.88 Å². The van der Waals surface area contributed by atoms with E-state index in [-0.39, 0.29) is 23.7 Å². The Balaban J connectivity index is 3.13. The van der Waals surface area contributed by atoms with Crippen molar-refractivity contribution >= 4 is 5.97 Å². The fourth-order valence-corrected chi connectivity index (χ4v) is 1.00. The normalized spacial score (nSPS) is 9.13. The van der Waals surface area contributed by atoms with Crippen LogP contribution in [0.3, 0.4) is 0 Å². The first-order valence-electron chi connectivity index (χ1n) is 4.35. The van der Waals surface area contributed by atoms with Gasteiger partial charge in [0.15, 0.2) is 5.69 Å². The molecule has 0 radical (unpaired) electrons. The van der Waals surface area contributed by atoms with Crippen LogP contribution in [0.15, 0.2) is 12.1 Å². The Hall–Kier alpha value is -2.09. The van der Waals surface area contributed by atoms with Gasteiger partial charge in [0.25, 0.3) is 0 Å². The molecule has 0 atom stereocenters. The molecule has 0 N–H and O–H groups in total. The van der Waals surface area contributed by atoms with Crippen LogP contribution in [0.4, 0.5) is 0 Å². The number of hydrogen-bond donors (Lipinski definition) is 0. The summed E-state index contributed by atoms with van der Waals surface area (Å²) in [4.78, 5) is 15.3. The molecule has 78 valence electrons. The number of esters is 1. The lowest BCUT2D eigenvalue weighted by molar-refractivity contribution is 0.0518. The second-order valence-corrected chi connectivity index (χ2v) is 2.58. The highest BCUT2D eigenvalue weighted by Crippen LogP contribution is 2.13. The first kappa shape index (κ1) is 11.0. The van der Waals surface area contributed by atoms with Crippen molar-refractivity contribution < 1.29 is 14.3 Å². The molecule has 0 unspecified atom stereocenters. The standard InChI is InChI=1S/C10H10N2O3/c1-3-15-10(13)9-7(6-11)4-5-8(12-9)14-2/h4-5H,3H2,1-2H3. The fraction of sp³-hybridized carbons (Fsp3) is 0.300. The molecule has 0 fully saturated rings. The molecule has 5 heteroatoms. The van der Waals surface area contributed by atoms with Crippen LogP contribution in [0.2, 0.25) is 0 Å². The van der Waals surface area contributed by atoms with Gasteiger partial charge in [-0.1, -0.05) is 0 Å². The van der Waals surface area contributed by atoms with Gasteiger partial charge in [0.05, 0.1) is 19.3 Å². The second-order valence-electron chi connectivity index (χ2n) is 2.58. The Kier molecular flexibility index (Phi) is 3.63. The third kappa shape index (κ3) is 2.44. The van der Waals surface area contributed by atoms with E-state index >= 15 is 0 Å². The molecule has 1 aromatic heterocycles. The molecule has 1 rings (SSSR count). The molecule has 15 heavy (non-hydrogen) atoms. The molecule has 0 aliphatic rings. The minimum atomic E-state index is -0.618. The molecular formula is C10H10N2O3. The van der Waals surface area contributed by atoms with E-state index in [1.807, 2.05) is 6.07 Å². The van der Waals surface area contributed by atoms with Gasteiger partial charge in [0.1, 0.15) is 6.07 Å². The smallest absolute Gasteiger partial charge is 0.358 e. The molecule has 0 saturated heterocycles. The maximum atomic E-state index is 11.4. The highest BCUT2D eigenvalue weighted by atomic mass is 16.5. The highest BCUT2D eigenvalue weighted by molar-refractivity contribution is 5.90. The van der Waals surface area contributed by atoms with Gasteiger partial charge < -0.3 is 9.47 Å². The number of nitrogens with zero attached hydrogens (tertiary/aromatic N) is 2. The third-order valence-electron chi connectivity index (χ3n) is 1.67. The summed E-state index contributed by atoms with van der Waals surface area (Å²) in [7, 11) is 1.43. The Morgan fingerprint density at radius 3 is 2.87 bits per heavy atom. The van der Waals surface area contributed by atoms with E-state index in [4.69, 9.17) is 14.7 Å². The van der Waals surface area contributed by atoms with Crippen molar-refractivity contribution in [2.75, 3.05) is 13.7 Å². The largest absolute Gasteiger partial charge is 0.481 e. The van der Waals surface area contributed by atoms with Gasteiger partial charge in [0.2, 0.25) is 5.88 Å². The molecule has 0 amide bonds. The molecule has 0 aliphatic heterocycles. The summed E-state index contributed by atoms with van der Waals surface area (Å²) in [5.41, 5.74) is 0.160. The van der Waals surface area contributed by atoms with Gasteiger partial charge in [-0.25, -0.2) is 9.78 Å². The highest BCUT2D eigenvalue weighted by Gasteiger charge is 2.15. The molecule has 5 nitrogen and oxygen atoms in total. The lowest BCUT2D eigenvalue weighted by atomic mass is 10.2. The van der Waals surface area contributed by atoms with Crippen molar-refractivity contribution in [3.8, 4) is 11.9 Å². The summed E-state index contributed by atoms with van der Waals surface area (Å²) in [6, 6.07) is 4.85.